The van der Waals surface area contributed by atoms with Crippen LogP contribution in [0.2, 0.25) is 0 Å². The van der Waals surface area contributed by atoms with Gasteiger partial charge in [-0.2, -0.15) is 0 Å². The van der Waals surface area contributed by atoms with Crippen molar-refractivity contribution in [2.45, 2.75) is 13.5 Å². The third-order valence-corrected chi connectivity index (χ3v) is 3.80. The van der Waals surface area contributed by atoms with Crippen LogP contribution in [0.5, 0.6) is 0 Å². The van der Waals surface area contributed by atoms with Gasteiger partial charge >= 0.3 is 5.97 Å². The van der Waals surface area contributed by atoms with Crippen molar-refractivity contribution >= 4 is 23.0 Å². The van der Waals surface area contributed by atoms with Crippen LogP contribution < -0.4 is 4.90 Å². The Labute approximate surface area is 110 Å². The number of hydrogen-bond donors (Lipinski definition) is 1. The summed E-state index contributed by atoms with van der Waals surface area (Å²) in [5.41, 5.74) is 2.36. The van der Waals surface area contributed by atoms with E-state index in [1.54, 1.807) is 6.07 Å². The Morgan fingerprint density at radius 1 is 1.22 bits per heavy atom. The van der Waals surface area contributed by atoms with Gasteiger partial charge in [-0.05, 0) is 31.2 Å². The van der Waals surface area contributed by atoms with Crippen LogP contribution in [0.4, 0.5) is 5.69 Å². The van der Waals surface area contributed by atoms with Gasteiger partial charge in [0.2, 0.25) is 0 Å². The van der Waals surface area contributed by atoms with Crippen molar-refractivity contribution in [3.8, 4) is 0 Å². The minimum atomic E-state index is -0.857. The zero-order chi connectivity index (χ0) is 13.1. The molecular weight excluding hydrogens is 246 g/mol. The molecule has 1 N–H and O–H groups in total. The molecule has 0 fully saturated rings. The summed E-state index contributed by atoms with van der Waals surface area (Å²) < 4.78 is 0. The zero-order valence-corrected chi connectivity index (χ0v) is 11.2. The topological polar surface area (TPSA) is 40.5 Å². The van der Waals surface area contributed by atoms with Crippen LogP contribution in [0.25, 0.3) is 0 Å². The lowest BCUT2D eigenvalue weighted by molar-refractivity contribution is 0.0702. The predicted octanol–water partition coefficient (Wildman–Crippen LogP) is 3.39. The van der Waals surface area contributed by atoms with E-state index in [1.807, 2.05) is 13.1 Å². The number of carboxylic acid groups (broad SMARTS) is 1. The molecule has 2 rings (SSSR count). The average Bonchev–Trinajstić information content (AvgIpc) is 2.78. The highest BCUT2D eigenvalue weighted by Crippen LogP contribution is 2.21. The molecule has 0 atom stereocenters. The Kier molecular flexibility index (Phi) is 3.67. The lowest BCUT2D eigenvalue weighted by Crippen LogP contribution is -2.15. The summed E-state index contributed by atoms with van der Waals surface area (Å²) in [4.78, 5) is 14.4. The number of thiophene rings is 1. The van der Waals surface area contributed by atoms with Gasteiger partial charge in [-0.25, -0.2) is 4.79 Å². The van der Waals surface area contributed by atoms with Crippen molar-refractivity contribution in [3.63, 3.8) is 0 Å². The Morgan fingerprint density at radius 2 is 1.89 bits per heavy atom. The Morgan fingerprint density at radius 3 is 2.44 bits per heavy atom. The smallest absolute Gasteiger partial charge is 0.345 e. The number of benzene rings is 1. The van der Waals surface area contributed by atoms with Gasteiger partial charge in [-0.15, -0.1) is 11.3 Å². The second kappa shape index (κ2) is 5.23. The molecule has 4 heteroatoms. The van der Waals surface area contributed by atoms with E-state index in [0.29, 0.717) is 4.88 Å². The van der Waals surface area contributed by atoms with E-state index in [2.05, 4.69) is 36.1 Å². The molecule has 0 aliphatic rings. The van der Waals surface area contributed by atoms with Crippen LogP contribution in [0.1, 0.15) is 20.1 Å². The molecule has 1 heterocycles. The first-order chi connectivity index (χ1) is 8.56. The molecule has 3 nitrogen and oxygen atoms in total. The predicted molar refractivity (Wildman–Crippen MR) is 74.6 cm³/mol. The molecule has 0 aliphatic carbocycles. The Bertz CT molecular complexity index is 545. The number of aromatic carboxylic acids is 1. The highest BCUT2D eigenvalue weighted by atomic mass is 32.1. The molecule has 18 heavy (non-hydrogen) atoms. The highest BCUT2D eigenvalue weighted by Gasteiger charge is 2.08. The largest absolute Gasteiger partial charge is 0.477 e. The van der Waals surface area contributed by atoms with Gasteiger partial charge in [0.25, 0.3) is 0 Å². The van der Waals surface area contributed by atoms with E-state index >= 15 is 0 Å². The van der Waals surface area contributed by atoms with Crippen LogP contribution in [-0.2, 0) is 6.54 Å². The van der Waals surface area contributed by atoms with E-state index in [0.717, 1.165) is 17.1 Å². The van der Waals surface area contributed by atoms with Crippen LogP contribution in [0.15, 0.2) is 36.4 Å². The first-order valence-electron chi connectivity index (χ1n) is 5.66. The highest BCUT2D eigenvalue weighted by molar-refractivity contribution is 7.13. The fourth-order valence-electron chi connectivity index (χ4n) is 1.70. The SMILES string of the molecule is Cc1ccc(N(C)Cc2ccc(C(=O)O)s2)cc1. The van der Waals surface area contributed by atoms with Crippen molar-refractivity contribution in [1.29, 1.82) is 0 Å². The van der Waals surface area contributed by atoms with E-state index in [4.69, 9.17) is 5.11 Å². The van der Waals surface area contributed by atoms with Crippen molar-refractivity contribution in [2.75, 3.05) is 11.9 Å². The minimum absolute atomic E-state index is 0.391. The molecule has 0 bridgehead atoms. The summed E-state index contributed by atoms with van der Waals surface area (Å²) >= 11 is 1.33. The number of aryl methyl sites for hydroxylation is 1. The Hall–Kier alpha value is -1.81. The number of rotatable bonds is 4. The van der Waals surface area contributed by atoms with Crippen LogP contribution >= 0.6 is 11.3 Å². The molecule has 1 aromatic carbocycles. The lowest BCUT2D eigenvalue weighted by atomic mass is 10.2. The maximum absolute atomic E-state index is 10.8. The van der Waals surface area contributed by atoms with Crippen LogP contribution in [-0.4, -0.2) is 18.1 Å². The molecule has 0 radical (unpaired) electrons. The van der Waals surface area contributed by atoms with E-state index in [1.165, 1.54) is 16.9 Å². The van der Waals surface area contributed by atoms with Gasteiger partial charge in [0.15, 0.2) is 0 Å². The lowest BCUT2D eigenvalue weighted by Gasteiger charge is -2.18. The molecule has 0 spiro atoms. The molecule has 94 valence electrons. The fourth-order valence-corrected chi connectivity index (χ4v) is 2.60. The van der Waals surface area contributed by atoms with Crippen molar-refractivity contribution in [3.05, 3.63) is 51.7 Å². The van der Waals surface area contributed by atoms with Gasteiger partial charge in [-0.1, -0.05) is 17.7 Å². The maximum atomic E-state index is 10.8. The van der Waals surface area contributed by atoms with Gasteiger partial charge in [0, 0.05) is 17.6 Å². The maximum Gasteiger partial charge on any atom is 0.345 e. The van der Waals surface area contributed by atoms with Crippen molar-refractivity contribution in [1.82, 2.24) is 0 Å². The molecule has 0 amide bonds. The summed E-state index contributed by atoms with van der Waals surface area (Å²) in [7, 11) is 2.00. The zero-order valence-electron chi connectivity index (χ0n) is 10.4. The minimum Gasteiger partial charge on any atom is -0.477 e. The van der Waals surface area contributed by atoms with Crippen LogP contribution in [0.3, 0.4) is 0 Å². The number of carboxylic acids is 1. The summed E-state index contributed by atoms with van der Waals surface area (Å²) in [6, 6.07) is 11.8. The normalized spacial score (nSPS) is 10.3. The van der Waals surface area contributed by atoms with Gasteiger partial charge in [-0.3, -0.25) is 0 Å². The second-order valence-corrected chi connectivity index (χ2v) is 5.43. The molecular formula is C14H15NO2S. The number of carbonyl (C=O) groups is 1. The molecule has 2 aromatic rings. The first-order valence-corrected chi connectivity index (χ1v) is 6.48. The molecule has 0 saturated heterocycles. The third kappa shape index (κ3) is 2.90. The Balaban J connectivity index is 2.08. The van der Waals surface area contributed by atoms with Crippen molar-refractivity contribution in [2.24, 2.45) is 0 Å². The molecule has 0 unspecified atom stereocenters. The number of hydrogen-bond acceptors (Lipinski definition) is 3. The third-order valence-electron chi connectivity index (χ3n) is 2.74. The standard InChI is InChI=1S/C14H15NO2S/c1-10-3-5-11(6-4-10)15(2)9-12-7-8-13(18-12)14(16)17/h3-8H,9H2,1-2H3,(H,16,17). The van der Waals surface area contributed by atoms with Gasteiger partial charge in [0.05, 0.1) is 6.54 Å². The average molecular weight is 261 g/mol. The number of nitrogens with zero attached hydrogens (tertiary/aromatic N) is 1. The van der Waals surface area contributed by atoms with Crippen molar-refractivity contribution < 1.29 is 9.90 Å². The second-order valence-electron chi connectivity index (χ2n) is 4.26. The summed E-state index contributed by atoms with van der Waals surface area (Å²) in [6.07, 6.45) is 0. The fraction of sp³-hybridized carbons (Fsp3) is 0.214. The summed E-state index contributed by atoms with van der Waals surface area (Å²) in [5, 5.41) is 8.88. The monoisotopic (exact) mass is 261 g/mol. The molecule has 1 aromatic heterocycles. The molecule has 0 saturated carbocycles. The van der Waals surface area contributed by atoms with Gasteiger partial charge < -0.3 is 10.0 Å². The summed E-state index contributed by atoms with van der Waals surface area (Å²) in [5.74, 6) is -0.857. The van der Waals surface area contributed by atoms with Crippen LogP contribution in [0, 0.1) is 6.92 Å². The quantitative estimate of drug-likeness (QED) is 0.917. The van der Waals surface area contributed by atoms with E-state index in [9.17, 15) is 4.79 Å². The first kappa shape index (κ1) is 12.6. The number of anilines is 1. The van der Waals surface area contributed by atoms with E-state index < -0.39 is 5.97 Å². The summed E-state index contributed by atoms with van der Waals surface area (Å²) in [6.45, 7) is 2.78. The van der Waals surface area contributed by atoms with Gasteiger partial charge in [0.1, 0.15) is 4.88 Å². The van der Waals surface area contributed by atoms with E-state index in [-0.39, 0.29) is 0 Å². The molecule has 0 aliphatic heterocycles.